The number of benzene rings is 1. The van der Waals surface area contributed by atoms with Crippen molar-refractivity contribution in [1.82, 2.24) is 0 Å². The monoisotopic (exact) mass is 295 g/mol. The molecule has 0 bridgehead atoms. The van der Waals surface area contributed by atoms with Gasteiger partial charge in [0.25, 0.3) is 0 Å². The predicted molar refractivity (Wildman–Crippen MR) is 84.2 cm³/mol. The number of hydrogen-bond acceptors (Lipinski definition) is 2. The lowest BCUT2D eigenvalue weighted by Crippen LogP contribution is -2.43. The maximum Gasteiger partial charge on any atom is 0.329 e. The van der Waals surface area contributed by atoms with E-state index in [4.69, 9.17) is 0 Å². The molecule has 0 amide bonds. The molecule has 1 rings (SSSR count). The third kappa shape index (κ3) is 5.74. The summed E-state index contributed by atoms with van der Waals surface area (Å²) in [5, 5.41) is 12.5. The van der Waals surface area contributed by atoms with E-state index in [0.29, 0.717) is 12.1 Å². The van der Waals surface area contributed by atoms with Crippen molar-refractivity contribution in [2.75, 3.05) is 5.32 Å². The summed E-state index contributed by atoms with van der Waals surface area (Å²) in [6, 6.07) is 4.53. The molecule has 4 heteroatoms. The molecule has 0 radical (unpaired) electrons. The summed E-state index contributed by atoms with van der Waals surface area (Å²) in [4.78, 5) is 11.6. The molecule has 1 aromatic rings. The van der Waals surface area contributed by atoms with Gasteiger partial charge in [-0.05, 0) is 44.0 Å². The van der Waals surface area contributed by atoms with Crippen LogP contribution in [0, 0.1) is 12.7 Å². The van der Waals surface area contributed by atoms with Crippen molar-refractivity contribution in [2.45, 2.75) is 64.8 Å². The van der Waals surface area contributed by atoms with E-state index < -0.39 is 11.5 Å². The van der Waals surface area contributed by atoms with Gasteiger partial charge in [0.15, 0.2) is 0 Å². The fourth-order valence-electron chi connectivity index (χ4n) is 2.43. The second kappa shape index (κ2) is 8.01. The van der Waals surface area contributed by atoms with Crippen LogP contribution in [0.1, 0.15) is 57.9 Å². The SMILES string of the molecule is CCCCCCCC(C)(Nc1cc(C)cc(F)c1)C(=O)O. The Labute approximate surface area is 126 Å². The summed E-state index contributed by atoms with van der Waals surface area (Å²) >= 11 is 0. The average molecular weight is 295 g/mol. The molecule has 1 aromatic carbocycles. The van der Waals surface area contributed by atoms with Crippen LogP contribution in [0.2, 0.25) is 0 Å². The minimum Gasteiger partial charge on any atom is -0.480 e. The van der Waals surface area contributed by atoms with Crippen LogP contribution in [0.15, 0.2) is 18.2 Å². The van der Waals surface area contributed by atoms with Crippen LogP contribution in [0.4, 0.5) is 10.1 Å². The molecule has 0 fully saturated rings. The molecule has 0 aliphatic heterocycles. The maximum absolute atomic E-state index is 13.4. The number of nitrogens with one attached hydrogen (secondary N) is 1. The second-order valence-electron chi connectivity index (χ2n) is 5.94. The number of carboxylic acid groups (broad SMARTS) is 1. The van der Waals surface area contributed by atoms with E-state index in [9.17, 15) is 14.3 Å². The number of unbranched alkanes of at least 4 members (excludes halogenated alkanes) is 4. The standard InChI is InChI=1S/C17H26FNO2/c1-4-5-6-7-8-9-17(3,16(20)21)19-15-11-13(2)10-14(18)12-15/h10-12,19H,4-9H2,1-3H3,(H,20,21). The van der Waals surface area contributed by atoms with E-state index in [-0.39, 0.29) is 5.82 Å². The van der Waals surface area contributed by atoms with E-state index in [0.717, 1.165) is 31.2 Å². The molecule has 0 aliphatic carbocycles. The van der Waals surface area contributed by atoms with Gasteiger partial charge in [0.2, 0.25) is 0 Å². The fraction of sp³-hybridized carbons (Fsp3) is 0.588. The molecule has 0 saturated carbocycles. The number of carboxylic acids is 1. The molecule has 1 unspecified atom stereocenters. The highest BCUT2D eigenvalue weighted by Crippen LogP contribution is 2.23. The van der Waals surface area contributed by atoms with Crippen molar-refractivity contribution in [1.29, 1.82) is 0 Å². The minimum atomic E-state index is -1.06. The second-order valence-corrected chi connectivity index (χ2v) is 5.94. The Hall–Kier alpha value is -1.58. The van der Waals surface area contributed by atoms with Crippen LogP contribution in [-0.2, 0) is 4.79 Å². The zero-order valence-corrected chi connectivity index (χ0v) is 13.2. The normalized spacial score (nSPS) is 13.7. The predicted octanol–water partition coefficient (Wildman–Crippen LogP) is 4.75. The zero-order chi connectivity index (χ0) is 15.9. The molecule has 1 atom stereocenters. The Morgan fingerprint density at radius 3 is 2.48 bits per heavy atom. The van der Waals surface area contributed by atoms with Gasteiger partial charge >= 0.3 is 5.97 Å². The number of aryl methyl sites for hydroxylation is 1. The smallest absolute Gasteiger partial charge is 0.329 e. The molecular formula is C17H26FNO2. The van der Waals surface area contributed by atoms with Gasteiger partial charge in [0.05, 0.1) is 0 Å². The molecule has 0 aromatic heterocycles. The summed E-state index contributed by atoms with van der Waals surface area (Å²) in [7, 11) is 0. The Bertz CT molecular complexity index is 456. The van der Waals surface area contributed by atoms with Crippen molar-refractivity contribution in [3.8, 4) is 0 Å². The quantitative estimate of drug-likeness (QED) is 0.646. The van der Waals surface area contributed by atoms with Gasteiger partial charge < -0.3 is 10.4 Å². The van der Waals surface area contributed by atoms with Gasteiger partial charge in [-0.1, -0.05) is 39.0 Å². The number of hydrogen-bond donors (Lipinski definition) is 2. The number of halogens is 1. The van der Waals surface area contributed by atoms with Gasteiger partial charge in [-0.2, -0.15) is 0 Å². The van der Waals surface area contributed by atoms with Gasteiger partial charge in [-0.15, -0.1) is 0 Å². The summed E-state index contributed by atoms with van der Waals surface area (Å²) in [6.07, 6.45) is 5.88. The fourth-order valence-corrected chi connectivity index (χ4v) is 2.43. The maximum atomic E-state index is 13.4. The molecule has 3 nitrogen and oxygen atoms in total. The number of rotatable bonds is 9. The van der Waals surface area contributed by atoms with Crippen LogP contribution in [0.3, 0.4) is 0 Å². The molecular weight excluding hydrogens is 269 g/mol. The number of aliphatic carboxylic acids is 1. The number of carbonyl (C=O) groups is 1. The first-order chi connectivity index (χ1) is 9.87. The van der Waals surface area contributed by atoms with Gasteiger partial charge in [0.1, 0.15) is 11.4 Å². The Balaban J connectivity index is 2.69. The van der Waals surface area contributed by atoms with Crippen LogP contribution >= 0.6 is 0 Å². The van der Waals surface area contributed by atoms with Crippen LogP contribution in [-0.4, -0.2) is 16.6 Å². The Morgan fingerprint density at radius 2 is 1.90 bits per heavy atom. The molecule has 118 valence electrons. The topological polar surface area (TPSA) is 49.3 Å². The summed E-state index contributed by atoms with van der Waals surface area (Å²) < 4.78 is 13.4. The molecule has 2 N–H and O–H groups in total. The molecule has 0 spiro atoms. The summed E-state index contributed by atoms with van der Waals surface area (Å²) in [5.41, 5.74) is 0.228. The Morgan fingerprint density at radius 1 is 1.24 bits per heavy atom. The van der Waals surface area contributed by atoms with Crippen molar-refractivity contribution >= 4 is 11.7 Å². The lowest BCUT2D eigenvalue weighted by atomic mass is 9.93. The van der Waals surface area contributed by atoms with E-state index in [1.54, 1.807) is 19.9 Å². The molecule has 0 saturated heterocycles. The number of anilines is 1. The lowest BCUT2D eigenvalue weighted by Gasteiger charge is -2.27. The first-order valence-electron chi connectivity index (χ1n) is 7.66. The average Bonchev–Trinajstić information content (AvgIpc) is 2.37. The van der Waals surface area contributed by atoms with Crippen molar-refractivity contribution in [2.24, 2.45) is 0 Å². The minimum absolute atomic E-state index is 0.354. The summed E-state index contributed by atoms with van der Waals surface area (Å²) in [5.74, 6) is -1.26. The van der Waals surface area contributed by atoms with Gasteiger partial charge in [-0.25, -0.2) is 9.18 Å². The zero-order valence-electron chi connectivity index (χ0n) is 13.2. The van der Waals surface area contributed by atoms with E-state index in [1.165, 1.54) is 18.6 Å². The largest absolute Gasteiger partial charge is 0.480 e. The van der Waals surface area contributed by atoms with Crippen LogP contribution in [0.5, 0.6) is 0 Å². The third-order valence-corrected chi connectivity index (χ3v) is 3.71. The highest BCUT2D eigenvalue weighted by Gasteiger charge is 2.32. The highest BCUT2D eigenvalue weighted by atomic mass is 19.1. The van der Waals surface area contributed by atoms with Crippen LogP contribution < -0.4 is 5.32 Å². The van der Waals surface area contributed by atoms with Crippen LogP contribution in [0.25, 0.3) is 0 Å². The molecule has 0 aliphatic rings. The van der Waals surface area contributed by atoms with Gasteiger partial charge in [-0.3, -0.25) is 0 Å². The van der Waals surface area contributed by atoms with E-state index >= 15 is 0 Å². The third-order valence-electron chi connectivity index (χ3n) is 3.71. The first kappa shape index (κ1) is 17.5. The van der Waals surface area contributed by atoms with Crippen molar-refractivity contribution in [3.05, 3.63) is 29.6 Å². The van der Waals surface area contributed by atoms with E-state index in [1.807, 2.05) is 0 Å². The molecule has 0 heterocycles. The van der Waals surface area contributed by atoms with Gasteiger partial charge in [0, 0.05) is 5.69 Å². The van der Waals surface area contributed by atoms with E-state index in [2.05, 4.69) is 12.2 Å². The lowest BCUT2D eigenvalue weighted by molar-refractivity contribution is -0.142. The first-order valence-corrected chi connectivity index (χ1v) is 7.66. The van der Waals surface area contributed by atoms with Crippen molar-refractivity contribution in [3.63, 3.8) is 0 Å². The Kier molecular flexibility index (Phi) is 6.66. The highest BCUT2D eigenvalue weighted by molar-refractivity contribution is 5.82. The van der Waals surface area contributed by atoms with Crippen molar-refractivity contribution < 1.29 is 14.3 Å². The molecule has 21 heavy (non-hydrogen) atoms. The summed E-state index contributed by atoms with van der Waals surface area (Å²) in [6.45, 7) is 5.60.